The Balaban J connectivity index is 1.29. The van der Waals surface area contributed by atoms with Crippen LogP contribution in [0, 0.1) is 0 Å². The first-order valence-corrected chi connectivity index (χ1v) is 9.65. The maximum absolute atomic E-state index is 5.67. The lowest BCUT2D eigenvalue weighted by Gasteiger charge is -2.10. The van der Waals surface area contributed by atoms with Crippen LogP contribution in [0.3, 0.4) is 0 Å². The summed E-state index contributed by atoms with van der Waals surface area (Å²) in [5.41, 5.74) is 2.88. The molecule has 0 radical (unpaired) electrons. The molecule has 4 aromatic rings. The van der Waals surface area contributed by atoms with Crippen molar-refractivity contribution in [3.63, 3.8) is 0 Å². The highest BCUT2D eigenvalue weighted by Gasteiger charge is 2.29. The fourth-order valence-corrected chi connectivity index (χ4v) is 3.24. The summed E-state index contributed by atoms with van der Waals surface area (Å²) in [5, 5.41) is 15.7. The molecule has 1 aliphatic carbocycles. The lowest BCUT2D eigenvalue weighted by atomic mass is 10.2. The molecule has 1 aliphatic rings. The molecule has 2 aromatic heterocycles. The van der Waals surface area contributed by atoms with Crippen LogP contribution in [0.4, 0.5) is 17.5 Å². The van der Waals surface area contributed by atoms with Crippen molar-refractivity contribution in [3.05, 3.63) is 66.1 Å². The highest BCUT2D eigenvalue weighted by Crippen LogP contribution is 2.39. The first-order valence-electron chi connectivity index (χ1n) is 9.65. The van der Waals surface area contributed by atoms with Gasteiger partial charge in [-0.1, -0.05) is 23.3 Å². The van der Waals surface area contributed by atoms with Gasteiger partial charge in [-0.05, 0) is 49.2 Å². The maximum Gasteiger partial charge on any atom is 0.320 e. The summed E-state index contributed by atoms with van der Waals surface area (Å²) in [6.07, 6.45) is 2.27. The van der Waals surface area contributed by atoms with Gasteiger partial charge in [0.05, 0.1) is 12.6 Å². The molecular formula is C22H21N5O2. The first-order chi connectivity index (χ1) is 14.3. The third kappa shape index (κ3) is 3.85. The molecule has 0 aliphatic heterocycles. The summed E-state index contributed by atoms with van der Waals surface area (Å²) >= 11 is 0. The largest absolute Gasteiger partial charge is 0.496 e. The molecule has 0 unspecified atom stereocenters. The molecule has 0 atom stereocenters. The summed E-state index contributed by atoms with van der Waals surface area (Å²) in [6, 6.07) is 18.4. The molecule has 7 nitrogen and oxygen atoms in total. The Morgan fingerprint density at radius 2 is 1.97 bits per heavy atom. The second kappa shape index (κ2) is 7.43. The van der Waals surface area contributed by atoms with Gasteiger partial charge in [0.25, 0.3) is 0 Å². The van der Waals surface area contributed by atoms with Crippen LogP contribution in [0.25, 0.3) is 10.9 Å². The zero-order chi connectivity index (χ0) is 19.6. The number of methoxy groups -OCH3 is 1. The topological polar surface area (TPSA) is 85.1 Å². The summed E-state index contributed by atoms with van der Waals surface area (Å²) in [6.45, 7) is 0.642. The van der Waals surface area contributed by atoms with E-state index < -0.39 is 0 Å². The third-order valence-electron chi connectivity index (χ3n) is 4.96. The number of para-hydroxylation sites is 1. The van der Waals surface area contributed by atoms with E-state index in [0.717, 1.165) is 52.5 Å². The van der Waals surface area contributed by atoms with Crippen molar-refractivity contribution >= 4 is 28.4 Å². The number of aromatic nitrogens is 3. The number of hydrogen-bond acceptors (Lipinski definition) is 7. The molecule has 146 valence electrons. The Morgan fingerprint density at radius 1 is 1.07 bits per heavy atom. The molecule has 5 rings (SSSR count). The van der Waals surface area contributed by atoms with E-state index in [1.54, 1.807) is 7.11 Å². The van der Waals surface area contributed by atoms with Gasteiger partial charge in [-0.3, -0.25) is 0 Å². The number of rotatable bonds is 7. The Labute approximate surface area is 168 Å². The first kappa shape index (κ1) is 17.5. The standard InChI is InChI=1S/C22H21N5O2/c1-28-19-5-3-2-4-16(19)13-23-20-11-8-15-12-17(9-10-18(15)25-20)24-22-27-26-21(29-22)14-6-7-14/h2-5,8-12,14H,6-7,13H2,1H3,(H,23,25)(H,24,27). The van der Waals surface area contributed by atoms with Crippen molar-refractivity contribution in [3.8, 4) is 5.75 Å². The zero-order valence-electron chi connectivity index (χ0n) is 16.1. The molecule has 0 amide bonds. The van der Waals surface area contributed by atoms with Crippen LogP contribution in [-0.4, -0.2) is 22.3 Å². The lowest BCUT2D eigenvalue weighted by molar-refractivity contribution is 0.410. The van der Waals surface area contributed by atoms with E-state index in [4.69, 9.17) is 14.1 Å². The SMILES string of the molecule is COc1ccccc1CNc1ccc2cc(Nc3nnc(C4CC4)o3)ccc2n1. The molecule has 0 saturated heterocycles. The van der Waals surface area contributed by atoms with E-state index in [1.807, 2.05) is 54.6 Å². The van der Waals surface area contributed by atoms with E-state index in [1.165, 1.54) is 0 Å². The van der Waals surface area contributed by atoms with Gasteiger partial charge < -0.3 is 19.8 Å². The molecule has 1 saturated carbocycles. The minimum absolute atomic E-state index is 0.425. The quantitative estimate of drug-likeness (QED) is 0.468. The fraction of sp³-hybridized carbons (Fsp3) is 0.227. The van der Waals surface area contributed by atoms with Gasteiger partial charge in [-0.15, -0.1) is 5.10 Å². The number of nitrogens with zero attached hydrogens (tertiary/aromatic N) is 3. The van der Waals surface area contributed by atoms with E-state index in [2.05, 4.69) is 20.8 Å². The molecule has 29 heavy (non-hydrogen) atoms. The third-order valence-corrected chi connectivity index (χ3v) is 4.96. The van der Waals surface area contributed by atoms with Crippen molar-refractivity contribution in [2.45, 2.75) is 25.3 Å². The molecular weight excluding hydrogens is 366 g/mol. The second-order valence-corrected chi connectivity index (χ2v) is 7.11. The van der Waals surface area contributed by atoms with Gasteiger partial charge in [-0.25, -0.2) is 4.98 Å². The van der Waals surface area contributed by atoms with Crippen LogP contribution in [0.15, 0.2) is 59.0 Å². The number of hydrogen-bond donors (Lipinski definition) is 2. The molecule has 1 fully saturated rings. The molecule has 2 aromatic carbocycles. The average molecular weight is 387 g/mol. The predicted molar refractivity (Wildman–Crippen MR) is 112 cm³/mol. The lowest BCUT2D eigenvalue weighted by Crippen LogP contribution is -2.03. The molecule has 0 bridgehead atoms. The van der Waals surface area contributed by atoms with Crippen LogP contribution in [0.1, 0.15) is 30.2 Å². The summed E-state index contributed by atoms with van der Waals surface area (Å²) in [5.74, 6) is 2.85. The number of anilines is 3. The Kier molecular flexibility index (Phi) is 4.48. The predicted octanol–water partition coefficient (Wildman–Crippen LogP) is 4.86. The van der Waals surface area contributed by atoms with Crippen molar-refractivity contribution in [1.82, 2.24) is 15.2 Å². The number of ether oxygens (including phenoxy) is 1. The summed E-state index contributed by atoms with van der Waals surface area (Å²) < 4.78 is 11.1. The fourth-order valence-electron chi connectivity index (χ4n) is 3.24. The number of pyridine rings is 1. The normalized spacial score (nSPS) is 13.4. The zero-order valence-corrected chi connectivity index (χ0v) is 16.1. The molecule has 2 heterocycles. The molecule has 0 spiro atoms. The van der Waals surface area contributed by atoms with Gasteiger partial charge >= 0.3 is 6.01 Å². The number of benzene rings is 2. The van der Waals surface area contributed by atoms with Crippen molar-refractivity contribution in [1.29, 1.82) is 0 Å². The minimum Gasteiger partial charge on any atom is -0.496 e. The van der Waals surface area contributed by atoms with Gasteiger partial charge in [0.15, 0.2) is 0 Å². The molecule has 7 heteroatoms. The van der Waals surface area contributed by atoms with Gasteiger partial charge in [0.1, 0.15) is 11.6 Å². The van der Waals surface area contributed by atoms with E-state index >= 15 is 0 Å². The van der Waals surface area contributed by atoms with Crippen LogP contribution in [-0.2, 0) is 6.54 Å². The van der Waals surface area contributed by atoms with Crippen molar-refractivity contribution in [2.24, 2.45) is 0 Å². The van der Waals surface area contributed by atoms with E-state index in [9.17, 15) is 0 Å². The highest BCUT2D eigenvalue weighted by molar-refractivity contribution is 5.84. The second-order valence-electron chi connectivity index (χ2n) is 7.11. The Bertz CT molecular complexity index is 1150. The maximum atomic E-state index is 5.67. The van der Waals surface area contributed by atoms with Gasteiger partial charge in [0, 0.05) is 29.1 Å². The number of nitrogens with one attached hydrogen (secondary N) is 2. The van der Waals surface area contributed by atoms with Crippen molar-refractivity contribution < 1.29 is 9.15 Å². The number of fused-ring (bicyclic) bond motifs is 1. The van der Waals surface area contributed by atoms with Crippen LogP contribution < -0.4 is 15.4 Å². The smallest absolute Gasteiger partial charge is 0.320 e. The van der Waals surface area contributed by atoms with E-state index in [-0.39, 0.29) is 0 Å². The van der Waals surface area contributed by atoms with E-state index in [0.29, 0.717) is 18.5 Å². The van der Waals surface area contributed by atoms with Gasteiger partial charge in [-0.2, -0.15) is 0 Å². The van der Waals surface area contributed by atoms with Gasteiger partial charge in [0.2, 0.25) is 5.89 Å². The monoisotopic (exact) mass is 387 g/mol. The van der Waals surface area contributed by atoms with Crippen LogP contribution >= 0.6 is 0 Å². The van der Waals surface area contributed by atoms with Crippen LogP contribution in [0.2, 0.25) is 0 Å². The Hall–Kier alpha value is -3.61. The average Bonchev–Trinajstić information content (AvgIpc) is 3.51. The Morgan fingerprint density at radius 3 is 2.83 bits per heavy atom. The van der Waals surface area contributed by atoms with Crippen LogP contribution in [0.5, 0.6) is 5.75 Å². The molecule has 2 N–H and O–H groups in total. The summed E-state index contributed by atoms with van der Waals surface area (Å²) in [7, 11) is 1.68. The van der Waals surface area contributed by atoms with Crippen molar-refractivity contribution in [2.75, 3.05) is 17.7 Å². The minimum atomic E-state index is 0.425. The highest BCUT2D eigenvalue weighted by atomic mass is 16.5. The summed E-state index contributed by atoms with van der Waals surface area (Å²) in [4.78, 5) is 4.70.